The maximum absolute atomic E-state index is 4.75. The molecule has 0 N–H and O–H groups in total. The minimum atomic E-state index is 0.942. The number of aromatic nitrogens is 2. The van der Waals surface area contributed by atoms with Crippen LogP contribution in [0.25, 0.3) is 11.0 Å². The molecule has 0 unspecified atom stereocenters. The molecule has 19 heavy (non-hydrogen) atoms. The second-order valence-corrected chi connectivity index (χ2v) is 5.82. The van der Waals surface area contributed by atoms with Crippen molar-refractivity contribution in [3.8, 4) is 0 Å². The first-order chi connectivity index (χ1) is 9.25. The normalized spacial score (nSPS) is 16.3. The number of benzene rings is 1. The molecule has 0 atom stereocenters. The fourth-order valence-electron chi connectivity index (χ4n) is 3.25. The first-order valence-electron chi connectivity index (χ1n) is 7.38. The van der Waals surface area contributed by atoms with Gasteiger partial charge in [-0.15, -0.1) is 0 Å². The van der Waals surface area contributed by atoms with E-state index in [9.17, 15) is 0 Å². The second kappa shape index (κ2) is 5.24. The first-order valence-corrected chi connectivity index (χ1v) is 7.38. The van der Waals surface area contributed by atoms with Gasteiger partial charge in [-0.25, -0.2) is 4.98 Å². The third-order valence-corrected chi connectivity index (χ3v) is 4.45. The summed E-state index contributed by atoms with van der Waals surface area (Å²) < 4.78 is 2.20. The fraction of sp³-hybridized carbons (Fsp3) is 0.562. The SMILES string of the molecule is CN(CCC1CCCC1)c1nc2ccccc2n1C. The Labute approximate surface area is 115 Å². The molecule has 1 aliphatic carbocycles. The van der Waals surface area contributed by atoms with E-state index in [1.54, 1.807) is 0 Å². The Bertz CT molecular complexity index is 552. The molecule has 0 saturated heterocycles. The zero-order chi connectivity index (χ0) is 13.2. The van der Waals surface area contributed by atoms with Crippen molar-refractivity contribution in [3.63, 3.8) is 0 Å². The molecule has 0 radical (unpaired) electrons. The molecular formula is C16H23N3. The van der Waals surface area contributed by atoms with Crippen LogP contribution in [0.15, 0.2) is 24.3 Å². The zero-order valence-corrected chi connectivity index (χ0v) is 12.0. The largest absolute Gasteiger partial charge is 0.345 e. The van der Waals surface area contributed by atoms with Gasteiger partial charge in [-0.05, 0) is 24.5 Å². The van der Waals surface area contributed by atoms with Crippen LogP contribution in [0.5, 0.6) is 0 Å². The van der Waals surface area contributed by atoms with Gasteiger partial charge < -0.3 is 9.47 Å². The summed E-state index contributed by atoms with van der Waals surface area (Å²) in [5, 5.41) is 0. The van der Waals surface area contributed by atoms with Crippen LogP contribution in [-0.4, -0.2) is 23.1 Å². The van der Waals surface area contributed by atoms with Crippen molar-refractivity contribution >= 4 is 17.0 Å². The lowest BCUT2D eigenvalue weighted by Crippen LogP contribution is -2.23. The number of hydrogen-bond donors (Lipinski definition) is 0. The molecule has 102 valence electrons. The predicted octanol–water partition coefficient (Wildman–Crippen LogP) is 3.59. The van der Waals surface area contributed by atoms with Gasteiger partial charge >= 0.3 is 0 Å². The molecule has 0 aliphatic heterocycles. The maximum Gasteiger partial charge on any atom is 0.206 e. The molecule has 3 nitrogen and oxygen atoms in total. The van der Waals surface area contributed by atoms with Crippen molar-refractivity contribution in [2.75, 3.05) is 18.5 Å². The minimum Gasteiger partial charge on any atom is -0.345 e. The van der Waals surface area contributed by atoms with Gasteiger partial charge in [0.2, 0.25) is 5.95 Å². The van der Waals surface area contributed by atoms with Gasteiger partial charge in [0, 0.05) is 20.6 Å². The summed E-state index contributed by atoms with van der Waals surface area (Å²) in [5.41, 5.74) is 2.30. The molecule has 1 aliphatic rings. The van der Waals surface area contributed by atoms with Crippen LogP contribution in [0, 0.1) is 5.92 Å². The summed E-state index contributed by atoms with van der Waals surface area (Å²) in [6.45, 7) is 1.11. The average Bonchev–Trinajstić information content (AvgIpc) is 3.05. The van der Waals surface area contributed by atoms with E-state index in [4.69, 9.17) is 4.98 Å². The summed E-state index contributed by atoms with van der Waals surface area (Å²) in [6.07, 6.45) is 7.02. The third kappa shape index (κ3) is 2.46. The van der Waals surface area contributed by atoms with E-state index in [0.717, 1.165) is 23.9 Å². The topological polar surface area (TPSA) is 21.1 Å². The van der Waals surface area contributed by atoms with Crippen LogP contribution >= 0.6 is 0 Å². The summed E-state index contributed by atoms with van der Waals surface area (Å²) in [6, 6.07) is 8.35. The molecule has 1 saturated carbocycles. The Balaban J connectivity index is 1.73. The monoisotopic (exact) mass is 257 g/mol. The van der Waals surface area contributed by atoms with E-state index in [1.165, 1.54) is 37.6 Å². The highest BCUT2D eigenvalue weighted by Crippen LogP contribution is 2.28. The Kier molecular flexibility index (Phi) is 3.45. The van der Waals surface area contributed by atoms with Gasteiger partial charge in [0.15, 0.2) is 0 Å². The Morgan fingerprint density at radius 3 is 2.74 bits per heavy atom. The summed E-state index contributed by atoms with van der Waals surface area (Å²) in [7, 11) is 4.27. The smallest absolute Gasteiger partial charge is 0.206 e. The molecule has 0 amide bonds. The Morgan fingerprint density at radius 1 is 1.26 bits per heavy atom. The minimum absolute atomic E-state index is 0.942. The lowest BCUT2D eigenvalue weighted by atomic mass is 10.0. The number of hydrogen-bond acceptors (Lipinski definition) is 2. The highest BCUT2D eigenvalue weighted by atomic mass is 15.3. The molecule has 0 spiro atoms. The summed E-state index contributed by atoms with van der Waals surface area (Å²) in [4.78, 5) is 7.05. The predicted molar refractivity (Wildman–Crippen MR) is 80.6 cm³/mol. The zero-order valence-electron chi connectivity index (χ0n) is 12.0. The van der Waals surface area contributed by atoms with Crippen LogP contribution in [0.4, 0.5) is 5.95 Å². The first kappa shape index (κ1) is 12.5. The molecule has 1 aromatic heterocycles. The van der Waals surface area contributed by atoms with Crippen LogP contribution in [-0.2, 0) is 7.05 Å². The Hall–Kier alpha value is -1.51. The molecule has 1 fully saturated rings. The number of fused-ring (bicyclic) bond motifs is 1. The Morgan fingerprint density at radius 2 is 2.00 bits per heavy atom. The third-order valence-electron chi connectivity index (χ3n) is 4.45. The molecule has 0 bridgehead atoms. The lowest BCUT2D eigenvalue weighted by molar-refractivity contribution is 0.503. The van der Waals surface area contributed by atoms with Gasteiger partial charge in [-0.3, -0.25) is 0 Å². The van der Waals surface area contributed by atoms with Crippen molar-refractivity contribution in [3.05, 3.63) is 24.3 Å². The van der Waals surface area contributed by atoms with Crippen LogP contribution in [0.3, 0.4) is 0 Å². The number of para-hydroxylation sites is 2. The highest BCUT2D eigenvalue weighted by Gasteiger charge is 2.17. The molecule has 1 heterocycles. The maximum atomic E-state index is 4.75. The van der Waals surface area contributed by atoms with Crippen molar-refractivity contribution < 1.29 is 0 Å². The van der Waals surface area contributed by atoms with Crippen LogP contribution in [0.1, 0.15) is 32.1 Å². The van der Waals surface area contributed by atoms with E-state index in [-0.39, 0.29) is 0 Å². The molecular weight excluding hydrogens is 234 g/mol. The van der Waals surface area contributed by atoms with E-state index >= 15 is 0 Å². The number of aryl methyl sites for hydroxylation is 1. The highest BCUT2D eigenvalue weighted by molar-refractivity contribution is 5.78. The average molecular weight is 257 g/mol. The quantitative estimate of drug-likeness (QED) is 0.834. The number of rotatable bonds is 4. The van der Waals surface area contributed by atoms with Gasteiger partial charge in [0.25, 0.3) is 0 Å². The van der Waals surface area contributed by atoms with E-state index in [0.29, 0.717) is 0 Å². The van der Waals surface area contributed by atoms with Gasteiger partial charge in [-0.1, -0.05) is 37.8 Å². The lowest BCUT2D eigenvalue weighted by Gasteiger charge is -2.20. The second-order valence-electron chi connectivity index (χ2n) is 5.82. The van der Waals surface area contributed by atoms with Gasteiger partial charge in [0.1, 0.15) is 0 Å². The molecule has 3 heteroatoms. The summed E-state index contributed by atoms with van der Waals surface area (Å²) >= 11 is 0. The molecule has 1 aromatic carbocycles. The van der Waals surface area contributed by atoms with Crippen LogP contribution in [0.2, 0.25) is 0 Å². The van der Waals surface area contributed by atoms with Crippen molar-refractivity contribution in [2.24, 2.45) is 13.0 Å². The number of imidazole rings is 1. The van der Waals surface area contributed by atoms with Crippen molar-refractivity contribution in [1.29, 1.82) is 0 Å². The van der Waals surface area contributed by atoms with E-state index < -0.39 is 0 Å². The van der Waals surface area contributed by atoms with Gasteiger partial charge in [0.05, 0.1) is 11.0 Å². The number of nitrogens with zero attached hydrogens (tertiary/aromatic N) is 3. The van der Waals surface area contributed by atoms with Gasteiger partial charge in [-0.2, -0.15) is 0 Å². The fourth-order valence-corrected chi connectivity index (χ4v) is 3.25. The van der Waals surface area contributed by atoms with E-state index in [2.05, 4.69) is 47.8 Å². The number of anilines is 1. The molecule has 3 rings (SSSR count). The van der Waals surface area contributed by atoms with E-state index in [1.807, 2.05) is 0 Å². The summed E-state index contributed by atoms with van der Waals surface area (Å²) in [5.74, 6) is 2.02. The molecule has 2 aromatic rings. The van der Waals surface area contributed by atoms with Crippen molar-refractivity contribution in [1.82, 2.24) is 9.55 Å². The standard InChI is InChI=1S/C16H23N3/c1-18(12-11-13-7-3-4-8-13)16-17-14-9-5-6-10-15(14)19(16)2/h5-6,9-10,13H,3-4,7-8,11-12H2,1-2H3. The van der Waals surface area contributed by atoms with Crippen LogP contribution < -0.4 is 4.90 Å². The van der Waals surface area contributed by atoms with Crippen molar-refractivity contribution in [2.45, 2.75) is 32.1 Å².